The summed E-state index contributed by atoms with van der Waals surface area (Å²) < 4.78 is 7.17. The molecular formula is C18H20N4O2. The summed E-state index contributed by atoms with van der Waals surface area (Å²) >= 11 is 0. The highest BCUT2D eigenvalue weighted by atomic mass is 16.5. The van der Waals surface area contributed by atoms with Crippen molar-refractivity contribution in [2.75, 3.05) is 13.7 Å². The maximum Gasteiger partial charge on any atom is 0.251 e. The number of hydrogen-bond donors (Lipinski definition) is 1. The Balaban J connectivity index is 1.64. The van der Waals surface area contributed by atoms with Crippen LogP contribution in [0.25, 0.3) is 11.2 Å². The normalized spacial score (nSPS) is 10.8. The Kier molecular flexibility index (Phi) is 4.74. The molecule has 0 aliphatic heterocycles. The molecule has 124 valence electrons. The van der Waals surface area contributed by atoms with E-state index in [4.69, 9.17) is 4.74 Å². The number of carbonyl (C=O) groups excluding carboxylic acids is 1. The summed E-state index contributed by atoms with van der Waals surface area (Å²) in [6.45, 7) is 3.39. The molecule has 6 nitrogen and oxygen atoms in total. The molecule has 1 aromatic carbocycles. The van der Waals surface area contributed by atoms with Crippen molar-refractivity contribution in [1.82, 2.24) is 19.9 Å². The summed E-state index contributed by atoms with van der Waals surface area (Å²) in [7, 11) is 1.60. The predicted molar refractivity (Wildman–Crippen MR) is 92.2 cm³/mol. The van der Waals surface area contributed by atoms with E-state index >= 15 is 0 Å². The van der Waals surface area contributed by atoms with Crippen molar-refractivity contribution in [2.45, 2.75) is 19.9 Å². The second-order valence-electron chi connectivity index (χ2n) is 5.35. The van der Waals surface area contributed by atoms with Crippen molar-refractivity contribution in [3.8, 4) is 5.75 Å². The van der Waals surface area contributed by atoms with Crippen LogP contribution < -0.4 is 10.1 Å². The van der Waals surface area contributed by atoms with E-state index in [0.717, 1.165) is 29.3 Å². The van der Waals surface area contributed by atoms with Crippen molar-refractivity contribution >= 4 is 17.1 Å². The highest BCUT2D eigenvalue weighted by Crippen LogP contribution is 2.14. The zero-order valence-corrected chi connectivity index (χ0v) is 13.8. The molecule has 0 saturated heterocycles. The standard InChI is InChI=1S/C18H20N4O2/c1-3-22-16(21-15-5-4-11-19-17(15)22)10-12-20-18(23)13-6-8-14(24-2)9-7-13/h4-9,11H,3,10,12H2,1-2H3,(H,20,23). The number of rotatable bonds is 6. The van der Waals surface area contributed by atoms with E-state index in [1.54, 1.807) is 37.6 Å². The van der Waals surface area contributed by atoms with Gasteiger partial charge in [-0.05, 0) is 43.3 Å². The first-order valence-corrected chi connectivity index (χ1v) is 7.95. The van der Waals surface area contributed by atoms with Gasteiger partial charge in [0.1, 0.15) is 17.1 Å². The Morgan fingerprint density at radius 1 is 1.25 bits per heavy atom. The number of pyridine rings is 1. The summed E-state index contributed by atoms with van der Waals surface area (Å²) in [5.41, 5.74) is 2.38. The molecule has 3 aromatic rings. The molecule has 0 fully saturated rings. The lowest BCUT2D eigenvalue weighted by Gasteiger charge is -2.07. The number of ether oxygens (including phenoxy) is 1. The Labute approximate surface area is 140 Å². The molecule has 2 aromatic heterocycles. The van der Waals surface area contributed by atoms with Crippen molar-refractivity contribution in [2.24, 2.45) is 0 Å². The molecule has 1 N–H and O–H groups in total. The third-order valence-electron chi connectivity index (χ3n) is 3.89. The van der Waals surface area contributed by atoms with Crippen molar-refractivity contribution in [3.05, 3.63) is 54.0 Å². The molecule has 0 unspecified atom stereocenters. The Hall–Kier alpha value is -2.89. The van der Waals surface area contributed by atoms with Gasteiger partial charge in [-0.3, -0.25) is 4.79 Å². The van der Waals surface area contributed by atoms with E-state index in [2.05, 4.69) is 26.8 Å². The SMILES string of the molecule is CCn1c(CCNC(=O)c2ccc(OC)cc2)nc2cccnc21. The van der Waals surface area contributed by atoms with Gasteiger partial charge >= 0.3 is 0 Å². The van der Waals surface area contributed by atoms with Crippen LogP contribution in [0.5, 0.6) is 5.75 Å². The third kappa shape index (κ3) is 3.22. The molecule has 6 heteroatoms. The molecule has 0 saturated carbocycles. The minimum atomic E-state index is -0.102. The van der Waals surface area contributed by atoms with Gasteiger partial charge in [-0.15, -0.1) is 0 Å². The molecule has 3 rings (SSSR count). The van der Waals surface area contributed by atoms with Gasteiger partial charge in [0.25, 0.3) is 5.91 Å². The van der Waals surface area contributed by atoms with Crippen LogP contribution in [0.3, 0.4) is 0 Å². The second-order valence-corrected chi connectivity index (χ2v) is 5.35. The highest BCUT2D eigenvalue weighted by Gasteiger charge is 2.11. The number of aryl methyl sites for hydroxylation is 1. The predicted octanol–water partition coefficient (Wildman–Crippen LogP) is 2.43. The minimum absolute atomic E-state index is 0.102. The molecule has 2 heterocycles. The molecule has 0 spiro atoms. The topological polar surface area (TPSA) is 69.0 Å². The average Bonchev–Trinajstić information content (AvgIpc) is 2.99. The van der Waals surface area contributed by atoms with Gasteiger partial charge in [0, 0.05) is 31.3 Å². The summed E-state index contributed by atoms with van der Waals surface area (Å²) in [6, 6.07) is 10.9. The monoisotopic (exact) mass is 324 g/mol. The van der Waals surface area contributed by atoms with Crippen LogP contribution in [-0.4, -0.2) is 34.1 Å². The fraction of sp³-hybridized carbons (Fsp3) is 0.278. The number of nitrogens with zero attached hydrogens (tertiary/aromatic N) is 3. The third-order valence-corrected chi connectivity index (χ3v) is 3.89. The number of aromatic nitrogens is 3. The summed E-state index contributed by atoms with van der Waals surface area (Å²) in [5, 5.41) is 2.93. The lowest BCUT2D eigenvalue weighted by molar-refractivity contribution is 0.0954. The number of fused-ring (bicyclic) bond motifs is 1. The van der Waals surface area contributed by atoms with E-state index in [1.165, 1.54) is 0 Å². The molecule has 0 bridgehead atoms. The van der Waals surface area contributed by atoms with Crippen LogP contribution in [0.2, 0.25) is 0 Å². The van der Waals surface area contributed by atoms with Crippen LogP contribution in [0.1, 0.15) is 23.1 Å². The number of amides is 1. The first-order valence-electron chi connectivity index (χ1n) is 7.95. The fourth-order valence-electron chi connectivity index (χ4n) is 2.66. The molecule has 0 radical (unpaired) electrons. The second kappa shape index (κ2) is 7.12. The Morgan fingerprint density at radius 3 is 2.75 bits per heavy atom. The quantitative estimate of drug-likeness (QED) is 0.756. The molecule has 0 aliphatic carbocycles. The van der Waals surface area contributed by atoms with Crippen molar-refractivity contribution in [3.63, 3.8) is 0 Å². The maximum atomic E-state index is 12.2. The molecule has 1 amide bonds. The molecule has 0 aliphatic rings. The van der Waals surface area contributed by atoms with Gasteiger partial charge in [-0.1, -0.05) is 0 Å². The molecule has 24 heavy (non-hydrogen) atoms. The molecular weight excluding hydrogens is 304 g/mol. The van der Waals surface area contributed by atoms with E-state index in [0.29, 0.717) is 18.5 Å². The smallest absolute Gasteiger partial charge is 0.251 e. The average molecular weight is 324 g/mol. The number of carbonyl (C=O) groups is 1. The van der Waals surface area contributed by atoms with Crippen LogP contribution >= 0.6 is 0 Å². The highest BCUT2D eigenvalue weighted by molar-refractivity contribution is 5.94. The van der Waals surface area contributed by atoms with Crippen LogP contribution in [0, 0.1) is 0 Å². The number of imidazole rings is 1. The summed E-state index contributed by atoms with van der Waals surface area (Å²) in [6.07, 6.45) is 2.43. The summed E-state index contributed by atoms with van der Waals surface area (Å²) in [5.74, 6) is 1.56. The largest absolute Gasteiger partial charge is 0.497 e. The first kappa shape index (κ1) is 16.0. The minimum Gasteiger partial charge on any atom is -0.497 e. The van der Waals surface area contributed by atoms with Gasteiger partial charge in [-0.2, -0.15) is 0 Å². The zero-order valence-electron chi connectivity index (χ0n) is 13.8. The number of hydrogen-bond acceptors (Lipinski definition) is 4. The van der Waals surface area contributed by atoms with Gasteiger partial charge in [-0.25, -0.2) is 9.97 Å². The van der Waals surface area contributed by atoms with E-state index < -0.39 is 0 Å². The van der Waals surface area contributed by atoms with Crippen LogP contribution in [0.4, 0.5) is 0 Å². The Bertz CT molecular complexity index is 840. The Morgan fingerprint density at radius 2 is 2.04 bits per heavy atom. The number of nitrogens with one attached hydrogen (secondary N) is 1. The van der Waals surface area contributed by atoms with E-state index in [1.807, 2.05) is 12.1 Å². The van der Waals surface area contributed by atoms with Gasteiger partial charge < -0.3 is 14.6 Å². The van der Waals surface area contributed by atoms with Gasteiger partial charge in [0.2, 0.25) is 0 Å². The molecule has 0 atom stereocenters. The van der Waals surface area contributed by atoms with Gasteiger partial charge in [0.05, 0.1) is 7.11 Å². The van der Waals surface area contributed by atoms with Crippen LogP contribution in [-0.2, 0) is 13.0 Å². The van der Waals surface area contributed by atoms with Crippen molar-refractivity contribution < 1.29 is 9.53 Å². The van der Waals surface area contributed by atoms with E-state index in [9.17, 15) is 4.79 Å². The lowest BCUT2D eigenvalue weighted by Crippen LogP contribution is -2.26. The number of benzene rings is 1. The number of methoxy groups -OCH3 is 1. The van der Waals surface area contributed by atoms with E-state index in [-0.39, 0.29) is 5.91 Å². The lowest BCUT2D eigenvalue weighted by atomic mass is 10.2. The van der Waals surface area contributed by atoms with Crippen molar-refractivity contribution in [1.29, 1.82) is 0 Å². The van der Waals surface area contributed by atoms with Crippen LogP contribution in [0.15, 0.2) is 42.6 Å². The van der Waals surface area contributed by atoms with Gasteiger partial charge in [0.15, 0.2) is 5.65 Å². The maximum absolute atomic E-state index is 12.2. The zero-order chi connectivity index (χ0) is 16.9. The first-order chi connectivity index (χ1) is 11.7. The summed E-state index contributed by atoms with van der Waals surface area (Å²) in [4.78, 5) is 21.2. The fourth-order valence-corrected chi connectivity index (χ4v) is 2.66.